The third-order valence-corrected chi connectivity index (χ3v) is 7.23. The zero-order chi connectivity index (χ0) is 26.2. The van der Waals surface area contributed by atoms with Crippen LogP contribution in [0.3, 0.4) is 0 Å². The topological polar surface area (TPSA) is 76.2 Å². The van der Waals surface area contributed by atoms with Crippen LogP contribution in [0.2, 0.25) is 0 Å². The van der Waals surface area contributed by atoms with Gasteiger partial charge in [0.25, 0.3) is 0 Å². The molecule has 3 fully saturated rings. The van der Waals surface area contributed by atoms with Gasteiger partial charge in [-0.3, -0.25) is 9.59 Å². The Bertz CT molecular complexity index is 928. The minimum atomic E-state index is -0.603. The molecule has 8 heteroatoms. The highest BCUT2D eigenvalue weighted by atomic mass is 16.2. The van der Waals surface area contributed by atoms with Gasteiger partial charge in [0.1, 0.15) is 12.2 Å². The highest BCUT2D eigenvalue weighted by Gasteiger charge is 2.52. The maximum atomic E-state index is 13.6. The largest absolute Gasteiger partial charge is 0.337 e. The van der Waals surface area contributed by atoms with E-state index in [4.69, 9.17) is 6.42 Å². The summed E-state index contributed by atoms with van der Waals surface area (Å²) in [6.45, 7) is 10.9. The molecule has 8 nitrogen and oxygen atoms in total. The van der Waals surface area contributed by atoms with E-state index in [0.29, 0.717) is 19.0 Å². The Hall–Kier alpha value is -3.05. The maximum absolute atomic E-state index is 13.6. The van der Waals surface area contributed by atoms with Gasteiger partial charge in [-0.1, -0.05) is 75.5 Å². The molecule has 0 spiro atoms. The van der Waals surface area contributed by atoms with Crippen LogP contribution in [-0.2, 0) is 9.59 Å². The van der Waals surface area contributed by atoms with Gasteiger partial charge in [-0.2, -0.15) is 5.01 Å². The molecule has 0 unspecified atom stereocenters. The van der Waals surface area contributed by atoms with E-state index in [0.717, 1.165) is 18.4 Å². The van der Waals surface area contributed by atoms with Crippen molar-refractivity contribution in [3.05, 3.63) is 36.5 Å². The van der Waals surface area contributed by atoms with Crippen LogP contribution in [0.15, 0.2) is 36.5 Å². The number of carbonyl (C=O) groups excluding carboxylic acids is 3. The molecule has 2 atom stereocenters. The minimum absolute atomic E-state index is 0.0151. The van der Waals surface area contributed by atoms with Crippen molar-refractivity contribution in [2.75, 3.05) is 32.7 Å². The van der Waals surface area contributed by atoms with Crippen LogP contribution in [0, 0.1) is 24.2 Å². The van der Waals surface area contributed by atoms with Gasteiger partial charge in [0.2, 0.25) is 11.8 Å². The van der Waals surface area contributed by atoms with Gasteiger partial charge in [0, 0.05) is 13.1 Å². The fourth-order valence-corrected chi connectivity index (χ4v) is 5.49. The second-order valence-electron chi connectivity index (χ2n) is 10.4. The molecule has 0 radical (unpaired) electrons. The number of rotatable bonds is 8. The Morgan fingerprint density at radius 1 is 1.22 bits per heavy atom. The van der Waals surface area contributed by atoms with Gasteiger partial charge in [-0.05, 0) is 31.6 Å². The molecule has 4 amide bonds. The average Bonchev–Trinajstić information content (AvgIpc) is 2.84. The molecule has 2 saturated heterocycles. The summed E-state index contributed by atoms with van der Waals surface area (Å²) in [6.07, 6.45) is 18.1. The molecule has 36 heavy (non-hydrogen) atoms. The maximum Gasteiger partial charge on any atom is 0.334 e. The van der Waals surface area contributed by atoms with Crippen LogP contribution in [-0.4, -0.2) is 82.6 Å². The lowest BCUT2D eigenvalue weighted by atomic mass is 9.88. The molecule has 0 aromatic carbocycles. The molecule has 1 saturated carbocycles. The van der Waals surface area contributed by atoms with E-state index in [2.05, 4.69) is 17.8 Å². The summed E-state index contributed by atoms with van der Waals surface area (Å²) in [5.74, 6) is 2.77. The first-order chi connectivity index (χ1) is 17.3. The summed E-state index contributed by atoms with van der Waals surface area (Å²) in [6, 6.07) is -0.934. The second kappa shape index (κ2) is 12.8. The number of terminal acetylenes is 1. The normalized spacial score (nSPS) is 24.3. The van der Waals surface area contributed by atoms with Gasteiger partial charge in [-0.15, -0.1) is 6.42 Å². The van der Waals surface area contributed by atoms with Crippen LogP contribution in [0.5, 0.6) is 0 Å². The number of allylic oxidation sites excluding steroid dienone is 4. The van der Waals surface area contributed by atoms with E-state index >= 15 is 0 Å². The molecule has 2 aliphatic heterocycles. The van der Waals surface area contributed by atoms with E-state index in [1.807, 2.05) is 43.9 Å². The van der Waals surface area contributed by atoms with Gasteiger partial charge >= 0.3 is 6.03 Å². The number of piperazine rings is 1. The summed E-state index contributed by atoms with van der Waals surface area (Å²) in [4.78, 5) is 44.0. The van der Waals surface area contributed by atoms with E-state index in [1.165, 1.54) is 19.3 Å². The molecule has 2 heterocycles. The standard InChI is InChI=1S/C28H41N5O3/c1-6-8-10-13-22(5)17-29-28(36)33-24-19-30(18-23-14-11-9-12-15-23)27(35)26(21(3)4)32(24)25(34)20-31(33)16-7-2/h2,6,8,10,13,21,23-24,26H,1,9,11-12,14-20H2,3-5H3,(H,29,36)/b10-8-,22-13+/t24-,26-/m0/s1. The molecule has 196 valence electrons. The molecule has 3 aliphatic rings. The molecular weight excluding hydrogens is 454 g/mol. The van der Waals surface area contributed by atoms with Crippen LogP contribution < -0.4 is 5.32 Å². The number of amides is 4. The number of nitrogens with zero attached hydrogens (tertiary/aromatic N) is 4. The van der Waals surface area contributed by atoms with Gasteiger partial charge < -0.3 is 15.1 Å². The predicted octanol–water partition coefficient (Wildman–Crippen LogP) is 3.15. The van der Waals surface area contributed by atoms with Crippen LogP contribution in [0.25, 0.3) is 0 Å². The number of fused-ring (bicyclic) bond motifs is 1. The van der Waals surface area contributed by atoms with Crippen LogP contribution >= 0.6 is 0 Å². The van der Waals surface area contributed by atoms with Crippen molar-refractivity contribution in [1.82, 2.24) is 25.1 Å². The van der Waals surface area contributed by atoms with Crippen LogP contribution in [0.1, 0.15) is 52.9 Å². The Kier molecular flexibility index (Phi) is 9.77. The van der Waals surface area contributed by atoms with Crippen molar-refractivity contribution in [1.29, 1.82) is 0 Å². The van der Waals surface area contributed by atoms with Gasteiger partial charge in [-0.25, -0.2) is 9.80 Å². The Labute approximate surface area is 216 Å². The molecular formula is C28H41N5O3. The number of hydrogen-bond acceptors (Lipinski definition) is 4. The lowest BCUT2D eigenvalue weighted by Crippen LogP contribution is -2.77. The molecule has 1 aliphatic carbocycles. The lowest BCUT2D eigenvalue weighted by Gasteiger charge is -2.56. The van der Waals surface area contributed by atoms with Crippen molar-refractivity contribution >= 4 is 17.8 Å². The predicted molar refractivity (Wildman–Crippen MR) is 141 cm³/mol. The summed E-state index contributed by atoms with van der Waals surface area (Å²) in [5, 5.41) is 6.17. The molecule has 3 rings (SSSR count). The van der Waals surface area contributed by atoms with Crippen LogP contribution in [0.4, 0.5) is 4.79 Å². The van der Waals surface area contributed by atoms with Gasteiger partial charge in [0.15, 0.2) is 0 Å². The molecule has 1 N–H and O–H groups in total. The summed E-state index contributed by atoms with van der Waals surface area (Å²) >= 11 is 0. The molecule has 0 bridgehead atoms. The van der Waals surface area contributed by atoms with E-state index in [9.17, 15) is 14.4 Å². The highest BCUT2D eigenvalue weighted by Crippen LogP contribution is 2.32. The van der Waals surface area contributed by atoms with Crippen molar-refractivity contribution in [2.24, 2.45) is 11.8 Å². The van der Waals surface area contributed by atoms with Crippen molar-refractivity contribution in [3.8, 4) is 12.3 Å². The minimum Gasteiger partial charge on any atom is -0.337 e. The number of carbonyl (C=O) groups is 3. The van der Waals surface area contributed by atoms with Crippen molar-refractivity contribution in [3.63, 3.8) is 0 Å². The van der Waals surface area contributed by atoms with Crippen molar-refractivity contribution in [2.45, 2.75) is 65.1 Å². The van der Waals surface area contributed by atoms with Gasteiger partial charge in [0.05, 0.1) is 19.6 Å². The Balaban J connectivity index is 1.88. The third kappa shape index (κ3) is 6.38. The smallest absolute Gasteiger partial charge is 0.334 e. The monoisotopic (exact) mass is 495 g/mol. The number of hydrogen-bond donors (Lipinski definition) is 1. The second-order valence-corrected chi connectivity index (χ2v) is 10.4. The number of hydrazine groups is 1. The summed E-state index contributed by atoms with van der Waals surface area (Å²) < 4.78 is 0. The SMILES string of the molecule is C#CCN1CC(=O)N2[C@@H](C(C)C)C(=O)N(CC3CCCCC3)C[C@@H]2N1C(=O)NC/C(C)=C/C=C\C=C. The van der Waals surface area contributed by atoms with E-state index < -0.39 is 12.2 Å². The molecule has 0 aromatic heterocycles. The average molecular weight is 496 g/mol. The molecule has 0 aromatic rings. The summed E-state index contributed by atoms with van der Waals surface area (Å²) in [7, 11) is 0. The fourth-order valence-electron chi connectivity index (χ4n) is 5.49. The third-order valence-electron chi connectivity index (χ3n) is 7.23. The number of nitrogens with one attached hydrogen (secondary N) is 1. The first kappa shape index (κ1) is 27.5. The first-order valence-electron chi connectivity index (χ1n) is 13.1. The van der Waals surface area contributed by atoms with Crippen molar-refractivity contribution < 1.29 is 14.4 Å². The zero-order valence-electron chi connectivity index (χ0n) is 22.0. The highest BCUT2D eigenvalue weighted by molar-refractivity contribution is 5.91. The quantitative estimate of drug-likeness (QED) is 0.415. The lowest BCUT2D eigenvalue weighted by molar-refractivity contribution is -0.192. The summed E-state index contributed by atoms with van der Waals surface area (Å²) in [5.41, 5.74) is 0.965. The number of urea groups is 1. The zero-order valence-corrected chi connectivity index (χ0v) is 22.0. The van der Waals surface area contributed by atoms with E-state index in [1.54, 1.807) is 21.0 Å². The first-order valence-corrected chi connectivity index (χ1v) is 13.1. The Morgan fingerprint density at radius 3 is 2.58 bits per heavy atom. The Morgan fingerprint density at radius 2 is 1.94 bits per heavy atom. The van der Waals surface area contributed by atoms with E-state index in [-0.39, 0.29) is 43.4 Å². The fraction of sp³-hybridized carbons (Fsp3) is 0.607.